The van der Waals surface area contributed by atoms with E-state index in [2.05, 4.69) is 4.98 Å². The van der Waals surface area contributed by atoms with Crippen LogP contribution in [0.2, 0.25) is 0 Å². The van der Waals surface area contributed by atoms with Gasteiger partial charge in [-0.3, -0.25) is 4.98 Å². The normalized spacial score (nSPS) is 7.93. The predicted octanol–water partition coefficient (Wildman–Crippen LogP) is 2.64. The van der Waals surface area contributed by atoms with E-state index in [-0.39, 0.29) is 0 Å². The van der Waals surface area contributed by atoms with E-state index in [1.54, 1.807) is 18.3 Å². The molecular weight excluding hydrogens is 172 g/mol. The Balaban J connectivity index is 0.000000146. The molecule has 2 heteroatoms. The molecule has 0 atom stereocenters. The molecule has 0 N–H and O–H groups in total. The van der Waals surface area contributed by atoms with Crippen LogP contribution in [0.4, 0.5) is 0 Å². The van der Waals surface area contributed by atoms with Crippen LogP contribution in [-0.2, 0) is 0 Å². The molecule has 0 bridgehead atoms. The average molecular weight is 182 g/mol. The van der Waals surface area contributed by atoms with E-state index >= 15 is 0 Å². The van der Waals surface area contributed by atoms with Crippen LogP contribution in [0, 0.1) is 11.3 Å². The van der Waals surface area contributed by atoms with Crippen molar-refractivity contribution in [3.63, 3.8) is 0 Å². The van der Waals surface area contributed by atoms with Gasteiger partial charge in [0.1, 0.15) is 6.07 Å². The molecule has 0 saturated carbocycles. The van der Waals surface area contributed by atoms with Crippen molar-refractivity contribution in [2.24, 2.45) is 0 Å². The molecule has 0 aliphatic rings. The molecule has 68 valence electrons. The Morgan fingerprint density at radius 2 is 1.50 bits per heavy atom. The Kier molecular flexibility index (Phi) is 4.53. The summed E-state index contributed by atoms with van der Waals surface area (Å²) in [6.45, 7) is 0. The van der Waals surface area contributed by atoms with Gasteiger partial charge in [0, 0.05) is 12.4 Å². The second kappa shape index (κ2) is 6.38. The van der Waals surface area contributed by atoms with Gasteiger partial charge in [-0.05, 0) is 12.1 Å². The minimum Gasteiger partial charge on any atom is -0.263 e. The second-order valence-electron chi connectivity index (χ2n) is 2.51. The molecule has 2 aromatic rings. The molecule has 0 aliphatic carbocycles. The standard InChI is InChI=1S/C6H4N2.C6H6/c7-4-6-2-1-3-8-5-6;1-2-4-6-5-3-1/h1-3,5H;1-6H. The van der Waals surface area contributed by atoms with Crippen molar-refractivity contribution >= 4 is 0 Å². The lowest BCUT2D eigenvalue weighted by atomic mass is 10.3. The summed E-state index contributed by atoms with van der Waals surface area (Å²) in [5, 5.41) is 8.25. The Hall–Kier alpha value is -2.14. The first-order valence-corrected chi connectivity index (χ1v) is 4.23. The van der Waals surface area contributed by atoms with Crippen molar-refractivity contribution < 1.29 is 0 Å². The van der Waals surface area contributed by atoms with E-state index in [4.69, 9.17) is 5.26 Å². The molecule has 1 heterocycles. The lowest BCUT2D eigenvalue weighted by Crippen LogP contribution is -1.72. The second-order valence-corrected chi connectivity index (χ2v) is 2.51. The van der Waals surface area contributed by atoms with Gasteiger partial charge in [-0.25, -0.2) is 0 Å². The smallest absolute Gasteiger partial charge is 0.101 e. The Morgan fingerprint density at radius 1 is 0.929 bits per heavy atom. The van der Waals surface area contributed by atoms with Crippen molar-refractivity contribution in [1.82, 2.24) is 4.98 Å². The minimum absolute atomic E-state index is 0.604. The summed E-state index contributed by atoms with van der Waals surface area (Å²) >= 11 is 0. The molecule has 1 aromatic heterocycles. The summed E-state index contributed by atoms with van der Waals surface area (Å²) in [4.78, 5) is 3.73. The number of hydrogen-bond donors (Lipinski definition) is 0. The van der Waals surface area contributed by atoms with Crippen LogP contribution >= 0.6 is 0 Å². The van der Waals surface area contributed by atoms with Gasteiger partial charge in [-0.15, -0.1) is 0 Å². The maximum Gasteiger partial charge on any atom is 0.101 e. The van der Waals surface area contributed by atoms with E-state index in [0.717, 1.165) is 0 Å². The van der Waals surface area contributed by atoms with E-state index in [0.29, 0.717) is 5.56 Å². The van der Waals surface area contributed by atoms with E-state index < -0.39 is 0 Å². The van der Waals surface area contributed by atoms with Crippen molar-refractivity contribution in [3.05, 3.63) is 66.5 Å². The first kappa shape index (κ1) is 9.94. The molecule has 2 rings (SSSR count). The maximum atomic E-state index is 8.25. The molecule has 0 unspecified atom stereocenters. The summed E-state index contributed by atoms with van der Waals surface area (Å²) in [7, 11) is 0. The molecule has 1 aromatic carbocycles. The van der Waals surface area contributed by atoms with Crippen molar-refractivity contribution in [3.8, 4) is 6.07 Å². The van der Waals surface area contributed by atoms with Gasteiger partial charge in [0.15, 0.2) is 0 Å². The van der Waals surface area contributed by atoms with E-state index in [9.17, 15) is 0 Å². The van der Waals surface area contributed by atoms with Crippen LogP contribution < -0.4 is 0 Å². The monoisotopic (exact) mass is 182 g/mol. The zero-order valence-electron chi connectivity index (χ0n) is 7.67. The lowest BCUT2D eigenvalue weighted by molar-refractivity contribution is 1.30. The van der Waals surface area contributed by atoms with Gasteiger partial charge >= 0.3 is 0 Å². The molecule has 2 nitrogen and oxygen atoms in total. The van der Waals surface area contributed by atoms with Crippen molar-refractivity contribution in [2.45, 2.75) is 0 Å². The summed E-state index contributed by atoms with van der Waals surface area (Å²) in [6.07, 6.45) is 3.17. The SMILES string of the molecule is N#Cc1cccnc1.c1ccccc1. The number of nitriles is 1. The molecule has 0 amide bonds. The number of benzene rings is 1. The molecule has 0 aliphatic heterocycles. The predicted molar refractivity (Wildman–Crippen MR) is 55.4 cm³/mol. The molecular formula is C12H10N2. The summed E-state index contributed by atoms with van der Waals surface area (Å²) in [6, 6.07) is 17.4. The van der Waals surface area contributed by atoms with Gasteiger partial charge in [-0.2, -0.15) is 5.26 Å². The van der Waals surface area contributed by atoms with Crippen LogP contribution in [-0.4, -0.2) is 4.98 Å². The van der Waals surface area contributed by atoms with Gasteiger partial charge < -0.3 is 0 Å². The summed E-state index contributed by atoms with van der Waals surface area (Å²) < 4.78 is 0. The zero-order chi connectivity index (χ0) is 10.1. The van der Waals surface area contributed by atoms with Crippen LogP contribution in [0.15, 0.2) is 60.9 Å². The first-order chi connectivity index (χ1) is 6.93. The Labute approximate surface area is 83.5 Å². The highest BCUT2D eigenvalue weighted by molar-refractivity contribution is 5.23. The van der Waals surface area contributed by atoms with Gasteiger partial charge in [-0.1, -0.05) is 36.4 Å². The fraction of sp³-hybridized carbons (Fsp3) is 0. The quantitative estimate of drug-likeness (QED) is 0.628. The average Bonchev–Trinajstić information content (AvgIpc) is 2.33. The molecule has 0 fully saturated rings. The van der Waals surface area contributed by atoms with Crippen LogP contribution in [0.5, 0.6) is 0 Å². The molecule has 0 spiro atoms. The molecule has 14 heavy (non-hydrogen) atoms. The number of rotatable bonds is 0. The minimum atomic E-state index is 0.604. The Bertz CT molecular complexity index is 349. The van der Waals surface area contributed by atoms with Gasteiger partial charge in [0.05, 0.1) is 5.56 Å². The third kappa shape index (κ3) is 4.03. The summed E-state index contributed by atoms with van der Waals surface area (Å²) in [5.41, 5.74) is 0.604. The van der Waals surface area contributed by atoms with E-state index in [1.807, 2.05) is 42.5 Å². The zero-order valence-corrected chi connectivity index (χ0v) is 7.67. The van der Waals surface area contributed by atoms with Crippen LogP contribution in [0.25, 0.3) is 0 Å². The maximum absolute atomic E-state index is 8.25. The lowest BCUT2D eigenvalue weighted by Gasteiger charge is -1.79. The number of hydrogen-bond acceptors (Lipinski definition) is 2. The fourth-order valence-electron chi connectivity index (χ4n) is 0.814. The highest BCUT2D eigenvalue weighted by atomic mass is 14.6. The number of pyridine rings is 1. The van der Waals surface area contributed by atoms with Gasteiger partial charge in [0.25, 0.3) is 0 Å². The van der Waals surface area contributed by atoms with Gasteiger partial charge in [0.2, 0.25) is 0 Å². The fourth-order valence-corrected chi connectivity index (χ4v) is 0.814. The number of aromatic nitrogens is 1. The Morgan fingerprint density at radius 3 is 1.79 bits per heavy atom. The first-order valence-electron chi connectivity index (χ1n) is 4.23. The topological polar surface area (TPSA) is 36.7 Å². The van der Waals surface area contributed by atoms with Crippen molar-refractivity contribution in [2.75, 3.05) is 0 Å². The largest absolute Gasteiger partial charge is 0.263 e. The third-order valence-electron chi connectivity index (χ3n) is 1.46. The van der Waals surface area contributed by atoms with E-state index in [1.165, 1.54) is 6.20 Å². The highest BCUT2D eigenvalue weighted by Crippen LogP contribution is 1.89. The third-order valence-corrected chi connectivity index (χ3v) is 1.46. The van der Waals surface area contributed by atoms with Crippen LogP contribution in [0.3, 0.4) is 0 Å². The van der Waals surface area contributed by atoms with Crippen LogP contribution in [0.1, 0.15) is 5.56 Å². The highest BCUT2D eigenvalue weighted by Gasteiger charge is 1.80. The van der Waals surface area contributed by atoms with Crippen molar-refractivity contribution in [1.29, 1.82) is 5.26 Å². The number of nitrogens with zero attached hydrogens (tertiary/aromatic N) is 2. The molecule has 0 saturated heterocycles. The summed E-state index contributed by atoms with van der Waals surface area (Å²) in [5.74, 6) is 0. The molecule has 0 radical (unpaired) electrons.